The van der Waals surface area contributed by atoms with E-state index in [4.69, 9.17) is 14.2 Å². The van der Waals surface area contributed by atoms with Gasteiger partial charge in [0.15, 0.2) is 11.5 Å². The molecule has 1 saturated carbocycles. The minimum absolute atomic E-state index is 0.0596. The second kappa shape index (κ2) is 12.6. The molecule has 6 nitrogen and oxygen atoms in total. The van der Waals surface area contributed by atoms with Gasteiger partial charge in [0.1, 0.15) is 11.5 Å². The van der Waals surface area contributed by atoms with Gasteiger partial charge >= 0.3 is 0 Å². The molecule has 1 aliphatic rings. The van der Waals surface area contributed by atoms with Crippen molar-refractivity contribution in [1.82, 2.24) is 5.32 Å². The number of carbonyl (C=O) groups is 1. The number of ether oxygens (including phenoxy) is 3. The zero-order chi connectivity index (χ0) is 27.1. The van der Waals surface area contributed by atoms with Crippen LogP contribution in [0.15, 0.2) is 65.1 Å². The van der Waals surface area contributed by atoms with Crippen LogP contribution in [0.1, 0.15) is 61.1 Å². The fourth-order valence-electron chi connectivity index (χ4n) is 5.54. The third-order valence-corrected chi connectivity index (χ3v) is 8.20. The lowest BCUT2D eigenvalue weighted by atomic mass is 9.69. The largest absolute Gasteiger partial charge is 0.508 e. The van der Waals surface area contributed by atoms with E-state index < -0.39 is 0 Å². The predicted octanol–water partition coefficient (Wildman–Crippen LogP) is 6.72. The van der Waals surface area contributed by atoms with Gasteiger partial charge in [-0.05, 0) is 66.4 Å². The minimum Gasteiger partial charge on any atom is -0.508 e. The molecule has 1 fully saturated rings. The van der Waals surface area contributed by atoms with E-state index >= 15 is 0 Å². The van der Waals surface area contributed by atoms with E-state index in [9.17, 15) is 9.90 Å². The monoisotopic (exact) mass is 581 g/mol. The highest BCUT2D eigenvalue weighted by Crippen LogP contribution is 2.42. The summed E-state index contributed by atoms with van der Waals surface area (Å²) in [6.07, 6.45) is 5.63. The molecule has 202 valence electrons. The summed E-state index contributed by atoms with van der Waals surface area (Å²) in [6, 6.07) is 19.1. The Labute approximate surface area is 233 Å². The molecule has 0 heterocycles. The minimum atomic E-state index is -0.318. The zero-order valence-corrected chi connectivity index (χ0v) is 23.8. The molecular weight excluding hydrogens is 546 g/mol. The van der Waals surface area contributed by atoms with Crippen LogP contribution < -0.4 is 19.5 Å². The average Bonchev–Trinajstić information content (AvgIpc) is 2.96. The number of amides is 1. The number of phenolic OH excluding ortho intramolecular Hbond substituents is 1. The van der Waals surface area contributed by atoms with Crippen molar-refractivity contribution in [3.63, 3.8) is 0 Å². The normalized spacial score (nSPS) is 15.4. The van der Waals surface area contributed by atoms with E-state index in [1.165, 1.54) is 6.42 Å². The van der Waals surface area contributed by atoms with E-state index in [0.29, 0.717) is 23.6 Å². The number of methoxy groups -OCH3 is 3. The van der Waals surface area contributed by atoms with Crippen molar-refractivity contribution in [3.8, 4) is 23.0 Å². The number of rotatable bonds is 10. The molecule has 7 heteroatoms. The van der Waals surface area contributed by atoms with E-state index in [2.05, 4.69) is 33.4 Å². The Bertz CT molecular complexity index is 1240. The fraction of sp³-hybridized carbons (Fsp3) is 0.387. The Morgan fingerprint density at radius 2 is 1.63 bits per heavy atom. The van der Waals surface area contributed by atoms with Crippen LogP contribution in [-0.4, -0.2) is 38.9 Å². The third kappa shape index (κ3) is 6.26. The van der Waals surface area contributed by atoms with Crippen molar-refractivity contribution >= 4 is 21.8 Å². The van der Waals surface area contributed by atoms with E-state index in [1.807, 2.05) is 36.4 Å². The molecule has 1 amide bonds. The van der Waals surface area contributed by atoms with Crippen LogP contribution in [-0.2, 0) is 10.2 Å². The highest BCUT2D eigenvalue weighted by molar-refractivity contribution is 9.10. The lowest BCUT2D eigenvalue weighted by molar-refractivity contribution is -0.121. The Morgan fingerprint density at radius 3 is 2.29 bits per heavy atom. The molecule has 0 unspecified atom stereocenters. The molecule has 0 aliphatic heterocycles. The van der Waals surface area contributed by atoms with E-state index in [-0.39, 0.29) is 29.4 Å². The number of halogens is 1. The molecule has 3 aromatic rings. The van der Waals surface area contributed by atoms with Crippen LogP contribution in [0.25, 0.3) is 0 Å². The molecule has 1 atom stereocenters. The summed E-state index contributed by atoms with van der Waals surface area (Å²) in [4.78, 5) is 13.5. The molecular formula is C31H36BrNO5. The SMILES string of the molecule is COc1ccc([C@@H](CC(=O)NCC2(c3ccc(OC)c(OC)c3)CCCCC2)c2cc(Br)ccc2O)cc1. The van der Waals surface area contributed by atoms with Crippen LogP contribution >= 0.6 is 15.9 Å². The number of phenols is 1. The summed E-state index contributed by atoms with van der Waals surface area (Å²) in [5.41, 5.74) is 2.63. The molecule has 3 aromatic carbocycles. The van der Waals surface area contributed by atoms with Gasteiger partial charge in [-0.2, -0.15) is 0 Å². The predicted molar refractivity (Wildman–Crippen MR) is 153 cm³/mol. The highest BCUT2D eigenvalue weighted by Gasteiger charge is 2.35. The van der Waals surface area contributed by atoms with Crippen molar-refractivity contribution in [1.29, 1.82) is 0 Å². The van der Waals surface area contributed by atoms with Crippen LogP contribution in [0.4, 0.5) is 0 Å². The number of carbonyl (C=O) groups excluding carboxylic acids is 1. The first-order valence-corrected chi connectivity index (χ1v) is 13.8. The molecule has 0 aromatic heterocycles. The summed E-state index contributed by atoms with van der Waals surface area (Å²) in [7, 11) is 4.91. The zero-order valence-electron chi connectivity index (χ0n) is 22.3. The second-order valence-corrected chi connectivity index (χ2v) is 10.8. The maximum Gasteiger partial charge on any atom is 0.220 e. The Kier molecular flexibility index (Phi) is 9.21. The number of hydrogen-bond acceptors (Lipinski definition) is 5. The third-order valence-electron chi connectivity index (χ3n) is 7.70. The molecule has 38 heavy (non-hydrogen) atoms. The lowest BCUT2D eigenvalue weighted by Crippen LogP contribution is -2.42. The summed E-state index contributed by atoms with van der Waals surface area (Å²) in [5, 5.41) is 14.0. The van der Waals surface area contributed by atoms with E-state index in [0.717, 1.165) is 47.0 Å². The molecule has 4 rings (SSSR count). The molecule has 0 bridgehead atoms. The summed E-state index contributed by atoms with van der Waals surface area (Å²) in [6.45, 7) is 0.543. The van der Waals surface area contributed by atoms with E-state index in [1.54, 1.807) is 33.5 Å². The number of benzene rings is 3. The second-order valence-electron chi connectivity index (χ2n) is 9.92. The van der Waals surface area contributed by atoms with Gasteiger partial charge in [-0.15, -0.1) is 0 Å². The summed E-state index contributed by atoms with van der Waals surface area (Å²) < 4.78 is 17.2. The first-order valence-electron chi connectivity index (χ1n) is 13.0. The van der Waals surface area contributed by atoms with Crippen LogP contribution in [0.5, 0.6) is 23.0 Å². The van der Waals surface area contributed by atoms with Gasteiger partial charge < -0.3 is 24.6 Å². The number of hydrogen-bond donors (Lipinski definition) is 2. The van der Waals surface area contributed by atoms with Crippen LogP contribution in [0, 0.1) is 0 Å². The van der Waals surface area contributed by atoms with Crippen molar-refractivity contribution < 1.29 is 24.1 Å². The number of nitrogens with one attached hydrogen (secondary N) is 1. The lowest BCUT2D eigenvalue weighted by Gasteiger charge is -2.38. The molecule has 0 radical (unpaired) electrons. The Hall–Kier alpha value is -3.19. The number of aromatic hydroxyl groups is 1. The van der Waals surface area contributed by atoms with Gasteiger partial charge in [-0.1, -0.05) is 53.4 Å². The maximum absolute atomic E-state index is 13.5. The van der Waals surface area contributed by atoms with Crippen LogP contribution in [0.2, 0.25) is 0 Å². The van der Waals surface area contributed by atoms with Gasteiger partial charge in [0.25, 0.3) is 0 Å². The maximum atomic E-state index is 13.5. The van der Waals surface area contributed by atoms with Crippen molar-refractivity contribution in [2.45, 2.75) is 49.9 Å². The van der Waals surface area contributed by atoms with Gasteiger partial charge in [0.05, 0.1) is 21.3 Å². The highest BCUT2D eigenvalue weighted by atomic mass is 79.9. The van der Waals surface area contributed by atoms with Gasteiger partial charge in [-0.3, -0.25) is 4.79 Å². The molecule has 0 spiro atoms. The fourth-order valence-corrected chi connectivity index (χ4v) is 5.91. The first-order chi connectivity index (χ1) is 18.4. The first kappa shape index (κ1) is 27.8. The standard InChI is InChI=1S/C31H36BrNO5/c1-36-24-11-7-21(8-12-24)25(26-18-23(32)10-13-27(26)34)19-30(35)33-20-31(15-5-4-6-16-31)22-9-14-28(37-2)29(17-22)38-3/h7-14,17-18,25,34H,4-6,15-16,19-20H2,1-3H3,(H,33,35)/t25-/m1/s1. The molecule has 2 N–H and O–H groups in total. The van der Waals surface area contributed by atoms with Crippen molar-refractivity contribution in [2.24, 2.45) is 0 Å². The summed E-state index contributed by atoms with van der Waals surface area (Å²) in [5.74, 6) is 1.92. The Balaban J connectivity index is 1.58. The quantitative estimate of drug-likeness (QED) is 0.278. The van der Waals surface area contributed by atoms with Gasteiger partial charge in [-0.25, -0.2) is 0 Å². The van der Waals surface area contributed by atoms with Crippen LogP contribution in [0.3, 0.4) is 0 Å². The van der Waals surface area contributed by atoms with Gasteiger partial charge in [0, 0.05) is 34.3 Å². The average molecular weight is 583 g/mol. The van der Waals surface area contributed by atoms with Gasteiger partial charge in [0.2, 0.25) is 5.91 Å². The topological polar surface area (TPSA) is 77.0 Å². The van der Waals surface area contributed by atoms with Crippen molar-refractivity contribution in [3.05, 3.63) is 81.8 Å². The Morgan fingerprint density at radius 1 is 0.921 bits per heavy atom. The molecule has 1 aliphatic carbocycles. The summed E-state index contributed by atoms with van der Waals surface area (Å²) >= 11 is 3.51. The van der Waals surface area contributed by atoms with Crippen molar-refractivity contribution in [2.75, 3.05) is 27.9 Å². The smallest absolute Gasteiger partial charge is 0.220 e. The molecule has 0 saturated heterocycles.